The molecule has 7 nitrogen and oxygen atoms in total. The molecule has 1 heterocycles. The first-order valence-corrected chi connectivity index (χ1v) is 9.84. The molecule has 3 N–H and O–H groups in total. The molecule has 142 valence electrons. The molecule has 0 saturated heterocycles. The fourth-order valence-electron chi connectivity index (χ4n) is 2.16. The highest BCUT2D eigenvalue weighted by atomic mass is 35.5. The number of hydrogen-bond acceptors (Lipinski definition) is 5. The smallest absolute Gasteiger partial charge is 0.271 e. The molecule has 3 amide bonds. The summed E-state index contributed by atoms with van der Waals surface area (Å²) < 4.78 is 0. The highest BCUT2D eigenvalue weighted by molar-refractivity contribution is 7.98. The molecule has 0 fully saturated rings. The second kappa shape index (κ2) is 10.5. The summed E-state index contributed by atoms with van der Waals surface area (Å²) >= 11 is 7.57. The van der Waals surface area contributed by atoms with E-state index in [1.807, 2.05) is 6.26 Å². The number of rotatable bonds is 7. The third-order valence-electron chi connectivity index (χ3n) is 3.57. The lowest BCUT2D eigenvalue weighted by atomic mass is 10.1. The molecule has 9 heteroatoms. The summed E-state index contributed by atoms with van der Waals surface area (Å²) in [5.74, 6) is -0.836. The summed E-state index contributed by atoms with van der Waals surface area (Å²) in [7, 11) is 0. The topological polar surface area (TPSA) is 100 Å². The Bertz CT molecular complexity index is 804. The van der Waals surface area contributed by atoms with Crippen molar-refractivity contribution in [1.29, 1.82) is 0 Å². The number of nitrogens with zero attached hydrogens (tertiary/aromatic N) is 1. The van der Waals surface area contributed by atoms with Crippen LogP contribution >= 0.6 is 23.4 Å². The van der Waals surface area contributed by atoms with Crippen LogP contribution in [0.4, 0.5) is 0 Å². The summed E-state index contributed by atoms with van der Waals surface area (Å²) in [4.78, 5) is 40.7. The van der Waals surface area contributed by atoms with Crippen LogP contribution in [0.2, 0.25) is 5.02 Å². The van der Waals surface area contributed by atoms with Crippen LogP contribution in [0.3, 0.4) is 0 Å². The zero-order valence-electron chi connectivity index (χ0n) is 14.6. The van der Waals surface area contributed by atoms with Crippen LogP contribution in [0.15, 0.2) is 48.8 Å². The number of hydrogen-bond donors (Lipinski definition) is 3. The summed E-state index contributed by atoms with van der Waals surface area (Å²) in [5, 5.41) is 2.96. The second-order valence-electron chi connectivity index (χ2n) is 5.47. The Morgan fingerprint density at radius 2 is 1.89 bits per heavy atom. The van der Waals surface area contributed by atoms with Crippen molar-refractivity contribution < 1.29 is 14.4 Å². The van der Waals surface area contributed by atoms with Crippen molar-refractivity contribution in [2.24, 2.45) is 0 Å². The zero-order valence-corrected chi connectivity index (χ0v) is 16.1. The number of thioether (sulfide) groups is 1. The number of amides is 3. The molecule has 0 bridgehead atoms. The number of halogens is 1. The molecule has 0 aliphatic heterocycles. The third-order valence-corrected chi connectivity index (χ3v) is 4.55. The standard InChI is InChI=1S/C18H19ClN4O3S/c1-27-10-8-15(21-17(25)13-6-2-3-7-14(13)19)18(26)23-22-16(24)12-5-4-9-20-11-12/h2-7,9,11,15H,8,10H2,1H3,(H,21,25)(H,22,24)(H,23,26). The molecule has 2 aromatic rings. The molecule has 1 unspecified atom stereocenters. The van der Waals surface area contributed by atoms with Gasteiger partial charge in [-0.1, -0.05) is 23.7 Å². The van der Waals surface area contributed by atoms with Gasteiger partial charge in [0.25, 0.3) is 17.7 Å². The van der Waals surface area contributed by atoms with Gasteiger partial charge in [0.05, 0.1) is 16.1 Å². The van der Waals surface area contributed by atoms with Crippen molar-refractivity contribution in [3.8, 4) is 0 Å². The fraction of sp³-hybridized carbons (Fsp3) is 0.222. The van der Waals surface area contributed by atoms with Gasteiger partial charge in [0.2, 0.25) is 0 Å². The predicted octanol–water partition coefficient (Wildman–Crippen LogP) is 2.05. The second-order valence-corrected chi connectivity index (χ2v) is 6.87. The molecular formula is C18H19ClN4O3S. The average molecular weight is 407 g/mol. The molecule has 0 aliphatic rings. The molecule has 0 saturated carbocycles. The third kappa shape index (κ3) is 6.26. The van der Waals surface area contributed by atoms with Gasteiger partial charge in [0.15, 0.2) is 0 Å². The van der Waals surface area contributed by atoms with Crippen LogP contribution in [-0.2, 0) is 4.79 Å². The van der Waals surface area contributed by atoms with Gasteiger partial charge in [-0.05, 0) is 42.7 Å². The lowest BCUT2D eigenvalue weighted by molar-refractivity contribution is -0.123. The van der Waals surface area contributed by atoms with E-state index in [1.54, 1.807) is 48.2 Å². The van der Waals surface area contributed by atoms with Crippen LogP contribution < -0.4 is 16.2 Å². The summed E-state index contributed by atoms with van der Waals surface area (Å²) in [5.41, 5.74) is 5.24. The number of benzene rings is 1. The zero-order chi connectivity index (χ0) is 19.6. The predicted molar refractivity (Wildman–Crippen MR) is 106 cm³/mol. The monoisotopic (exact) mass is 406 g/mol. The SMILES string of the molecule is CSCCC(NC(=O)c1ccccc1Cl)C(=O)NNC(=O)c1cccnc1. The summed E-state index contributed by atoms with van der Waals surface area (Å²) in [6.45, 7) is 0. The minimum Gasteiger partial charge on any atom is -0.340 e. The molecule has 0 radical (unpaired) electrons. The molecular weight excluding hydrogens is 388 g/mol. The van der Waals surface area contributed by atoms with Gasteiger partial charge in [-0.3, -0.25) is 30.2 Å². The maximum atomic E-state index is 12.4. The Morgan fingerprint density at radius 3 is 2.56 bits per heavy atom. The number of hydrazine groups is 1. The van der Waals surface area contributed by atoms with E-state index in [0.29, 0.717) is 22.8 Å². The van der Waals surface area contributed by atoms with E-state index >= 15 is 0 Å². The van der Waals surface area contributed by atoms with E-state index < -0.39 is 23.8 Å². The number of aromatic nitrogens is 1. The van der Waals surface area contributed by atoms with Crippen molar-refractivity contribution >= 4 is 41.1 Å². The average Bonchev–Trinajstić information content (AvgIpc) is 2.69. The van der Waals surface area contributed by atoms with E-state index in [9.17, 15) is 14.4 Å². The lowest BCUT2D eigenvalue weighted by Crippen LogP contribution is -2.52. The van der Waals surface area contributed by atoms with E-state index in [-0.39, 0.29) is 5.56 Å². The van der Waals surface area contributed by atoms with Crippen molar-refractivity contribution in [2.45, 2.75) is 12.5 Å². The van der Waals surface area contributed by atoms with Gasteiger partial charge in [-0.15, -0.1) is 0 Å². The van der Waals surface area contributed by atoms with Crippen LogP contribution in [0.1, 0.15) is 27.1 Å². The highest BCUT2D eigenvalue weighted by Gasteiger charge is 2.22. The van der Waals surface area contributed by atoms with Crippen molar-refractivity contribution in [2.75, 3.05) is 12.0 Å². The van der Waals surface area contributed by atoms with E-state index in [4.69, 9.17) is 11.6 Å². The minimum absolute atomic E-state index is 0.278. The van der Waals surface area contributed by atoms with Crippen LogP contribution in [0, 0.1) is 0 Å². The first-order chi connectivity index (χ1) is 13.0. The molecule has 1 aromatic carbocycles. The van der Waals surface area contributed by atoms with Crippen molar-refractivity contribution in [1.82, 2.24) is 21.2 Å². The van der Waals surface area contributed by atoms with Crippen LogP contribution in [0.5, 0.6) is 0 Å². The Hall–Kier alpha value is -2.58. The maximum Gasteiger partial charge on any atom is 0.271 e. The number of carbonyl (C=O) groups is 3. The molecule has 1 atom stereocenters. The Morgan fingerprint density at radius 1 is 1.11 bits per heavy atom. The lowest BCUT2D eigenvalue weighted by Gasteiger charge is -2.18. The minimum atomic E-state index is -0.824. The van der Waals surface area contributed by atoms with Gasteiger partial charge >= 0.3 is 0 Å². The normalized spacial score (nSPS) is 11.3. The summed E-state index contributed by atoms with van der Waals surface area (Å²) in [6, 6.07) is 8.93. The molecule has 2 rings (SSSR count). The van der Waals surface area contributed by atoms with Gasteiger partial charge in [-0.2, -0.15) is 11.8 Å². The molecule has 0 aliphatic carbocycles. The Labute approximate surface area is 166 Å². The quantitative estimate of drug-likeness (QED) is 0.611. The number of pyridine rings is 1. The van der Waals surface area contributed by atoms with Crippen LogP contribution in [0.25, 0.3) is 0 Å². The maximum absolute atomic E-state index is 12.4. The van der Waals surface area contributed by atoms with Gasteiger partial charge < -0.3 is 5.32 Å². The molecule has 0 spiro atoms. The summed E-state index contributed by atoms with van der Waals surface area (Å²) in [6.07, 6.45) is 5.21. The van der Waals surface area contributed by atoms with Crippen LogP contribution in [-0.4, -0.2) is 40.8 Å². The Balaban J connectivity index is 1.99. The van der Waals surface area contributed by atoms with Gasteiger partial charge in [0.1, 0.15) is 6.04 Å². The first-order valence-electron chi connectivity index (χ1n) is 8.07. The highest BCUT2D eigenvalue weighted by Crippen LogP contribution is 2.15. The van der Waals surface area contributed by atoms with E-state index in [0.717, 1.165) is 0 Å². The molecule has 1 aromatic heterocycles. The fourth-order valence-corrected chi connectivity index (χ4v) is 2.85. The first kappa shape index (κ1) is 20.7. The van der Waals surface area contributed by atoms with E-state index in [1.165, 1.54) is 12.4 Å². The van der Waals surface area contributed by atoms with Gasteiger partial charge in [0, 0.05) is 12.4 Å². The Kier molecular flexibility index (Phi) is 8.09. The van der Waals surface area contributed by atoms with Crippen molar-refractivity contribution in [3.05, 3.63) is 64.9 Å². The largest absolute Gasteiger partial charge is 0.340 e. The number of carbonyl (C=O) groups excluding carboxylic acids is 3. The number of nitrogens with one attached hydrogen (secondary N) is 3. The van der Waals surface area contributed by atoms with Gasteiger partial charge in [-0.25, -0.2) is 0 Å². The van der Waals surface area contributed by atoms with Crippen molar-refractivity contribution in [3.63, 3.8) is 0 Å². The molecule has 27 heavy (non-hydrogen) atoms. The van der Waals surface area contributed by atoms with E-state index in [2.05, 4.69) is 21.2 Å².